The lowest BCUT2D eigenvalue weighted by atomic mass is 9.95. The van der Waals surface area contributed by atoms with E-state index in [9.17, 15) is 0 Å². The first-order valence-corrected chi connectivity index (χ1v) is 9.57. The Morgan fingerprint density at radius 3 is 2.58 bits per heavy atom. The third-order valence-electron chi connectivity index (χ3n) is 5.39. The summed E-state index contributed by atoms with van der Waals surface area (Å²) in [4.78, 5) is 9.91. The maximum absolute atomic E-state index is 4.87. The van der Waals surface area contributed by atoms with Crippen LogP contribution in [0.5, 0.6) is 0 Å². The summed E-state index contributed by atoms with van der Waals surface area (Å²) in [6.07, 6.45) is 4.13. The van der Waals surface area contributed by atoms with E-state index in [1.807, 2.05) is 6.20 Å². The van der Waals surface area contributed by atoms with Crippen molar-refractivity contribution in [1.29, 1.82) is 0 Å². The first-order chi connectivity index (χ1) is 11.6. The van der Waals surface area contributed by atoms with E-state index in [2.05, 4.69) is 64.0 Å². The van der Waals surface area contributed by atoms with Gasteiger partial charge in [-0.3, -0.25) is 9.88 Å². The van der Waals surface area contributed by atoms with E-state index in [-0.39, 0.29) is 0 Å². The van der Waals surface area contributed by atoms with Crippen LogP contribution < -0.4 is 0 Å². The second-order valence-electron chi connectivity index (χ2n) is 7.14. The van der Waals surface area contributed by atoms with Crippen molar-refractivity contribution in [1.82, 2.24) is 14.8 Å². The van der Waals surface area contributed by atoms with Crippen LogP contribution in [0.15, 0.2) is 34.9 Å². The van der Waals surface area contributed by atoms with Crippen molar-refractivity contribution >= 4 is 15.9 Å². The van der Waals surface area contributed by atoms with Crippen molar-refractivity contribution in [3.8, 4) is 0 Å². The normalized spacial score (nSPS) is 21.9. The van der Waals surface area contributed by atoms with Crippen molar-refractivity contribution in [2.24, 2.45) is 0 Å². The predicted molar refractivity (Wildman–Crippen MR) is 101 cm³/mol. The van der Waals surface area contributed by atoms with Crippen LogP contribution >= 0.6 is 15.9 Å². The van der Waals surface area contributed by atoms with E-state index < -0.39 is 0 Å². The van der Waals surface area contributed by atoms with Crippen molar-refractivity contribution in [2.45, 2.75) is 25.8 Å². The van der Waals surface area contributed by atoms with Crippen LogP contribution in [-0.2, 0) is 12.8 Å². The van der Waals surface area contributed by atoms with E-state index >= 15 is 0 Å². The van der Waals surface area contributed by atoms with Crippen LogP contribution in [0.1, 0.15) is 34.0 Å². The number of fused-ring (bicyclic) bond motifs is 2. The van der Waals surface area contributed by atoms with Gasteiger partial charge in [-0.1, -0.05) is 23.8 Å². The average molecular weight is 386 g/mol. The maximum atomic E-state index is 4.87. The molecule has 1 fully saturated rings. The van der Waals surface area contributed by atoms with Crippen molar-refractivity contribution < 1.29 is 0 Å². The molecule has 2 aromatic rings. The average Bonchev–Trinajstić information content (AvgIpc) is 2.72. The number of aryl methyl sites for hydroxylation is 3. The molecule has 0 unspecified atom stereocenters. The lowest BCUT2D eigenvalue weighted by molar-refractivity contribution is 0.125. The monoisotopic (exact) mass is 385 g/mol. The lowest BCUT2D eigenvalue weighted by Gasteiger charge is -2.38. The Bertz CT molecular complexity index is 697. The minimum absolute atomic E-state index is 0.292. The number of aromatic nitrogens is 1. The molecule has 0 N–H and O–H groups in total. The summed E-state index contributed by atoms with van der Waals surface area (Å²) in [5, 5.41) is 0. The molecule has 3 nitrogen and oxygen atoms in total. The maximum Gasteiger partial charge on any atom is 0.0782 e. The Balaban J connectivity index is 1.82. The number of halogens is 1. The standard InChI is InChI=1S/C20H24BrN3/c1-14-3-6-18-15(11-14)4-5-16-12-17(21)13-22-19(16)20(18)24-9-7-23(2)8-10-24/h3,6,11-13,20H,4-5,7-10H2,1-2H3/t20-/m1/s1. The molecule has 0 amide bonds. The highest BCUT2D eigenvalue weighted by Crippen LogP contribution is 2.37. The minimum atomic E-state index is 0.292. The molecule has 126 valence electrons. The molecular weight excluding hydrogens is 362 g/mol. The van der Waals surface area contributed by atoms with Crippen molar-refractivity contribution in [3.05, 3.63) is 62.9 Å². The smallest absolute Gasteiger partial charge is 0.0782 e. The van der Waals surface area contributed by atoms with Gasteiger partial charge in [0.25, 0.3) is 0 Å². The van der Waals surface area contributed by atoms with E-state index in [1.165, 1.54) is 27.9 Å². The fourth-order valence-electron chi connectivity index (χ4n) is 4.02. The Labute approximate surface area is 152 Å². The van der Waals surface area contributed by atoms with Gasteiger partial charge in [0.2, 0.25) is 0 Å². The molecular formula is C20H24BrN3. The zero-order chi connectivity index (χ0) is 16.7. The first-order valence-electron chi connectivity index (χ1n) is 8.78. The number of pyridine rings is 1. The molecule has 1 saturated heterocycles. The summed E-state index contributed by atoms with van der Waals surface area (Å²) >= 11 is 3.60. The Morgan fingerprint density at radius 1 is 1.04 bits per heavy atom. The van der Waals surface area contributed by atoms with Gasteiger partial charge >= 0.3 is 0 Å². The minimum Gasteiger partial charge on any atom is -0.304 e. The predicted octanol–water partition coefficient (Wildman–Crippen LogP) is 3.59. The molecule has 2 aliphatic rings. The zero-order valence-electron chi connectivity index (χ0n) is 14.4. The largest absolute Gasteiger partial charge is 0.304 e. The SMILES string of the molecule is Cc1ccc2c(c1)CCc1cc(Br)cnc1[C@@H]2N1CCN(C)CC1. The van der Waals surface area contributed by atoms with Crippen LogP contribution in [0.3, 0.4) is 0 Å². The number of benzene rings is 1. The van der Waals surface area contributed by atoms with Crippen molar-refractivity contribution in [2.75, 3.05) is 33.2 Å². The van der Waals surface area contributed by atoms with Gasteiger partial charge in [0, 0.05) is 36.8 Å². The van der Waals surface area contributed by atoms with E-state index in [0.29, 0.717) is 6.04 Å². The summed E-state index contributed by atoms with van der Waals surface area (Å²) < 4.78 is 1.08. The number of hydrogen-bond acceptors (Lipinski definition) is 3. The molecule has 0 radical (unpaired) electrons. The van der Waals surface area contributed by atoms with Crippen LogP contribution in [0.25, 0.3) is 0 Å². The molecule has 0 bridgehead atoms. The first kappa shape index (κ1) is 16.2. The summed E-state index contributed by atoms with van der Waals surface area (Å²) in [5.41, 5.74) is 6.95. The molecule has 0 spiro atoms. The van der Waals surface area contributed by atoms with E-state index in [0.717, 1.165) is 43.5 Å². The molecule has 1 aliphatic heterocycles. The van der Waals surface area contributed by atoms with Crippen molar-refractivity contribution in [3.63, 3.8) is 0 Å². The summed E-state index contributed by atoms with van der Waals surface area (Å²) in [5.74, 6) is 0. The summed E-state index contributed by atoms with van der Waals surface area (Å²) in [6, 6.07) is 9.53. The number of piperazine rings is 1. The second kappa shape index (κ2) is 6.58. The third kappa shape index (κ3) is 3.03. The number of nitrogens with zero attached hydrogens (tertiary/aromatic N) is 3. The van der Waals surface area contributed by atoms with E-state index in [4.69, 9.17) is 4.98 Å². The molecule has 1 aromatic carbocycles. The zero-order valence-corrected chi connectivity index (χ0v) is 16.0. The summed E-state index contributed by atoms with van der Waals surface area (Å²) in [6.45, 7) is 6.66. The number of likely N-dealkylation sites (N-methyl/N-ethyl adjacent to an activating group) is 1. The van der Waals surface area contributed by atoms with Gasteiger partial charge < -0.3 is 4.90 Å². The topological polar surface area (TPSA) is 19.4 Å². The summed E-state index contributed by atoms with van der Waals surface area (Å²) in [7, 11) is 2.21. The molecule has 2 heterocycles. The molecule has 24 heavy (non-hydrogen) atoms. The molecule has 1 atom stereocenters. The molecule has 1 aliphatic carbocycles. The van der Waals surface area contributed by atoms with E-state index in [1.54, 1.807) is 0 Å². The Hall–Kier alpha value is -1.23. The van der Waals surface area contributed by atoms with Crippen LogP contribution in [-0.4, -0.2) is 48.0 Å². The lowest BCUT2D eigenvalue weighted by Crippen LogP contribution is -2.46. The molecule has 4 heteroatoms. The fraction of sp³-hybridized carbons (Fsp3) is 0.450. The van der Waals surface area contributed by atoms with Gasteiger partial charge in [-0.2, -0.15) is 0 Å². The molecule has 4 rings (SSSR count). The Morgan fingerprint density at radius 2 is 1.79 bits per heavy atom. The Kier molecular flexibility index (Phi) is 4.46. The fourth-order valence-corrected chi connectivity index (χ4v) is 4.40. The number of hydrogen-bond donors (Lipinski definition) is 0. The van der Waals surface area contributed by atoms with Gasteiger partial charge in [0.15, 0.2) is 0 Å². The van der Waals surface area contributed by atoms with Crippen LogP contribution in [0.2, 0.25) is 0 Å². The van der Waals surface area contributed by atoms with Gasteiger partial charge in [-0.25, -0.2) is 0 Å². The van der Waals surface area contributed by atoms with Gasteiger partial charge in [0.1, 0.15) is 0 Å². The highest BCUT2D eigenvalue weighted by molar-refractivity contribution is 9.10. The molecule has 0 saturated carbocycles. The quantitative estimate of drug-likeness (QED) is 0.747. The highest BCUT2D eigenvalue weighted by atomic mass is 79.9. The number of rotatable bonds is 1. The van der Waals surface area contributed by atoms with Gasteiger partial charge in [-0.05, 0) is 65.5 Å². The highest BCUT2D eigenvalue weighted by Gasteiger charge is 2.31. The second-order valence-corrected chi connectivity index (χ2v) is 8.06. The third-order valence-corrected chi connectivity index (χ3v) is 5.82. The molecule has 1 aromatic heterocycles. The van der Waals surface area contributed by atoms with Crippen LogP contribution in [0, 0.1) is 6.92 Å². The van der Waals surface area contributed by atoms with Gasteiger partial charge in [0.05, 0.1) is 11.7 Å². The van der Waals surface area contributed by atoms with Crippen LogP contribution in [0.4, 0.5) is 0 Å². The van der Waals surface area contributed by atoms with Gasteiger partial charge in [-0.15, -0.1) is 0 Å².